The molecular formula is C12H16N2O4. The van der Waals surface area contributed by atoms with Crippen molar-refractivity contribution in [3.05, 3.63) is 24.0 Å². The van der Waals surface area contributed by atoms with E-state index in [1.807, 2.05) is 0 Å². The van der Waals surface area contributed by atoms with Gasteiger partial charge in [0.1, 0.15) is 5.75 Å². The van der Waals surface area contributed by atoms with Gasteiger partial charge in [0.15, 0.2) is 5.69 Å². The van der Waals surface area contributed by atoms with Crippen LogP contribution >= 0.6 is 0 Å². The summed E-state index contributed by atoms with van der Waals surface area (Å²) in [7, 11) is 0. The summed E-state index contributed by atoms with van der Waals surface area (Å²) in [5.41, 5.74) is -0.966. The summed E-state index contributed by atoms with van der Waals surface area (Å²) in [6.45, 7) is 1.10. The molecule has 2 rings (SSSR count). The minimum atomic E-state index is -0.932. The Bertz CT molecular complexity index is 430. The molecule has 0 radical (unpaired) electrons. The molecule has 98 valence electrons. The van der Waals surface area contributed by atoms with Gasteiger partial charge in [0, 0.05) is 38.8 Å². The van der Waals surface area contributed by atoms with Crippen LogP contribution in [0.2, 0.25) is 0 Å². The number of rotatable bonds is 3. The normalized spacial score (nSPS) is 18.3. The lowest BCUT2D eigenvalue weighted by Crippen LogP contribution is -2.46. The van der Waals surface area contributed by atoms with Crippen LogP contribution < -0.4 is 5.32 Å². The van der Waals surface area contributed by atoms with E-state index in [1.54, 1.807) is 0 Å². The zero-order valence-corrected chi connectivity index (χ0v) is 9.93. The minimum Gasteiger partial charge on any atom is -0.505 e. The molecule has 0 bridgehead atoms. The van der Waals surface area contributed by atoms with Crippen LogP contribution in [0.4, 0.5) is 0 Å². The third kappa shape index (κ3) is 2.96. The Balaban J connectivity index is 1.94. The molecule has 2 heterocycles. The fourth-order valence-corrected chi connectivity index (χ4v) is 1.83. The van der Waals surface area contributed by atoms with Gasteiger partial charge in [-0.25, -0.2) is 4.98 Å². The van der Waals surface area contributed by atoms with E-state index < -0.39 is 11.5 Å². The topological polar surface area (TPSA) is 91.7 Å². The second-order valence-electron chi connectivity index (χ2n) is 4.39. The lowest BCUT2D eigenvalue weighted by atomic mass is 9.94. The van der Waals surface area contributed by atoms with Gasteiger partial charge >= 0.3 is 0 Å². The van der Waals surface area contributed by atoms with E-state index in [9.17, 15) is 15.0 Å². The quantitative estimate of drug-likeness (QED) is 0.707. The van der Waals surface area contributed by atoms with Gasteiger partial charge in [0.2, 0.25) is 0 Å². The second kappa shape index (κ2) is 5.32. The standard InChI is InChI=1S/C12H16N2O4/c15-9-2-1-5-13-10(9)11(16)14-8-12(17)3-6-18-7-4-12/h1-2,5,15,17H,3-4,6-8H2,(H,14,16). The molecule has 6 heteroatoms. The van der Waals surface area contributed by atoms with Crippen molar-refractivity contribution in [1.82, 2.24) is 10.3 Å². The molecule has 1 aliphatic rings. The van der Waals surface area contributed by atoms with Gasteiger partial charge in [-0.05, 0) is 12.1 Å². The van der Waals surface area contributed by atoms with Crippen LogP contribution in [-0.4, -0.2) is 46.5 Å². The Morgan fingerprint density at radius 3 is 2.89 bits per heavy atom. The minimum absolute atomic E-state index is 0.0341. The van der Waals surface area contributed by atoms with Crippen LogP contribution in [0.3, 0.4) is 0 Å². The largest absolute Gasteiger partial charge is 0.505 e. The van der Waals surface area contributed by atoms with Crippen LogP contribution in [0.25, 0.3) is 0 Å². The zero-order valence-electron chi connectivity index (χ0n) is 9.93. The molecule has 1 aromatic heterocycles. The van der Waals surface area contributed by atoms with Gasteiger partial charge < -0.3 is 20.3 Å². The molecule has 0 spiro atoms. The molecule has 1 amide bonds. The number of pyridine rings is 1. The lowest BCUT2D eigenvalue weighted by molar-refractivity contribution is -0.0605. The maximum Gasteiger partial charge on any atom is 0.273 e. The smallest absolute Gasteiger partial charge is 0.273 e. The first-order chi connectivity index (χ1) is 8.61. The zero-order chi connectivity index (χ0) is 13.0. The summed E-state index contributed by atoms with van der Waals surface area (Å²) >= 11 is 0. The van der Waals surface area contributed by atoms with Crippen molar-refractivity contribution >= 4 is 5.91 Å². The van der Waals surface area contributed by atoms with Crippen LogP contribution in [0.5, 0.6) is 5.75 Å². The number of aromatic hydroxyl groups is 1. The Morgan fingerprint density at radius 1 is 1.50 bits per heavy atom. The molecule has 3 N–H and O–H groups in total. The highest BCUT2D eigenvalue weighted by Crippen LogP contribution is 2.19. The first-order valence-corrected chi connectivity index (χ1v) is 5.83. The average molecular weight is 252 g/mol. The first-order valence-electron chi connectivity index (χ1n) is 5.83. The summed E-state index contributed by atoms with van der Waals surface area (Å²) in [6.07, 6.45) is 2.40. The lowest BCUT2D eigenvalue weighted by Gasteiger charge is -2.31. The molecule has 1 aliphatic heterocycles. The van der Waals surface area contributed by atoms with Crippen molar-refractivity contribution in [3.63, 3.8) is 0 Å². The number of hydrogen-bond acceptors (Lipinski definition) is 5. The third-order valence-corrected chi connectivity index (χ3v) is 3.00. The summed E-state index contributed by atoms with van der Waals surface area (Å²) < 4.78 is 5.15. The van der Waals surface area contributed by atoms with Crippen molar-refractivity contribution in [3.8, 4) is 5.75 Å². The maximum atomic E-state index is 11.8. The Kier molecular flexibility index (Phi) is 3.78. The van der Waals surface area contributed by atoms with E-state index in [0.29, 0.717) is 26.1 Å². The number of amides is 1. The van der Waals surface area contributed by atoms with Crippen molar-refractivity contribution in [1.29, 1.82) is 0 Å². The summed E-state index contributed by atoms with van der Waals surface area (Å²) in [4.78, 5) is 15.6. The Labute approximate surface area is 105 Å². The highest BCUT2D eigenvalue weighted by Gasteiger charge is 2.30. The van der Waals surface area contributed by atoms with Crippen molar-refractivity contribution in [2.75, 3.05) is 19.8 Å². The highest BCUT2D eigenvalue weighted by molar-refractivity contribution is 5.94. The molecule has 0 saturated carbocycles. The van der Waals surface area contributed by atoms with Gasteiger partial charge in [0.25, 0.3) is 5.91 Å². The number of nitrogens with zero attached hydrogens (tertiary/aromatic N) is 1. The van der Waals surface area contributed by atoms with E-state index in [4.69, 9.17) is 4.74 Å². The fourth-order valence-electron chi connectivity index (χ4n) is 1.83. The van der Waals surface area contributed by atoms with Crippen molar-refractivity contribution in [2.24, 2.45) is 0 Å². The number of nitrogens with one attached hydrogen (secondary N) is 1. The molecule has 0 aliphatic carbocycles. The van der Waals surface area contributed by atoms with Crippen LogP contribution in [0, 0.1) is 0 Å². The second-order valence-corrected chi connectivity index (χ2v) is 4.39. The molecule has 6 nitrogen and oxygen atoms in total. The average Bonchev–Trinajstić information content (AvgIpc) is 2.38. The molecule has 0 unspecified atom stereocenters. The molecule has 1 aromatic rings. The number of carbonyl (C=O) groups is 1. The number of carbonyl (C=O) groups excluding carboxylic acids is 1. The predicted molar refractivity (Wildman–Crippen MR) is 63.2 cm³/mol. The van der Waals surface area contributed by atoms with E-state index in [2.05, 4.69) is 10.3 Å². The molecule has 0 aromatic carbocycles. The molecule has 0 atom stereocenters. The van der Waals surface area contributed by atoms with E-state index in [-0.39, 0.29) is 18.0 Å². The summed E-state index contributed by atoms with van der Waals surface area (Å²) in [5.74, 6) is -0.665. The van der Waals surface area contributed by atoms with Crippen molar-refractivity contribution < 1.29 is 19.7 Å². The van der Waals surface area contributed by atoms with Gasteiger partial charge in [-0.2, -0.15) is 0 Å². The van der Waals surface area contributed by atoms with Crippen LogP contribution in [0.1, 0.15) is 23.3 Å². The van der Waals surface area contributed by atoms with Gasteiger partial charge in [-0.3, -0.25) is 4.79 Å². The van der Waals surface area contributed by atoms with Gasteiger partial charge in [-0.15, -0.1) is 0 Å². The summed E-state index contributed by atoms with van der Waals surface area (Å²) in [6, 6.07) is 2.93. The first kappa shape index (κ1) is 12.8. The number of hydrogen-bond donors (Lipinski definition) is 3. The third-order valence-electron chi connectivity index (χ3n) is 3.00. The monoisotopic (exact) mass is 252 g/mol. The van der Waals surface area contributed by atoms with E-state index in [1.165, 1.54) is 18.3 Å². The van der Waals surface area contributed by atoms with E-state index >= 15 is 0 Å². The van der Waals surface area contributed by atoms with Gasteiger partial charge in [-0.1, -0.05) is 0 Å². The van der Waals surface area contributed by atoms with Crippen LogP contribution in [0.15, 0.2) is 18.3 Å². The number of aromatic nitrogens is 1. The van der Waals surface area contributed by atoms with E-state index in [0.717, 1.165) is 0 Å². The predicted octanol–water partition coefficient (Wildman–Crippen LogP) is 0.0585. The SMILES string of the molecule is O=C(NCC1(O)CCOCC1)c1ncccc1O. The molecular weight excluding hydrogens is 236 g/mol. The molecule has 18 heavy (non-hydrogen) atoms. The highest BCUT2D eigenvalue weighted by atomic mass is 16.5. The fraction of sp³-hybridized carbons (Fsp3) is 0.500. The number of ether oxygens (including phenoxy) is 1. The van der Waals surface area contributed by atoms with Gasteiger partial charge in [0.05, 0.1) is 5.60 Å². The van der Waals surface area contributed by atoms with Crippen molar-refractivity contribution in [2.45, 2.75) is 18.4 Å². The molecule has 1 fully saturated rings. The summed E-state index contributed by atoms with van der Waals surface area (Å²) in [5, 5.41) is 22.2. The Hall–Kier alpha value is -1.66. The number of aliphatic hydroxyl groups is 1. The van der Waals surface area contributed by atoms with Crippen LogP contribution in [-0.2, 0) is 4.74 Å². The Morgan fingerprint density at radius 2 is 2.22 bits per heavy atom. The molecule has 1 saturated heterocycles. The maximum absolute atomic E-state index is 11.8.